The van der Waals surface area contributed by atoms with E-state index in [-0.39, 0.29) is 0 Å². The summed E-state index contributed by atoms with van der Waals surface area (Å²) in [6.07, 6.45) is 7.72. The first-order chi connectivity index (χ1) is 9.83. The number of hydrogen-bond acceptors (Lipinski definition) is 4. The van der Waals surface area contributed by atoms with Gasteiger partial charge in [0.2, 0.25) is 0 Å². The average Bonchev–Trinajstić information content (AvgIpc) is 2.48. The van der Waals surface area contributed by atoms with Crippen molar-refractivity contribution >= 4 is 32.7 Å². The first-order valence-corrected chi connectivity index (χ1v) is 7.99. The maximum Gasteiger partial charge on any atom is 0.112 e. The molecular formula is C15H19BrN4. The molecule has 106 valence electrons. The van der Waals surface area contributed by atoms with Crippen LogP contribution in [0.25, 0.3) is 11.0 Å². The molecule has 1 fully saturated rings. The van der Waals surface area contributed by atoms with E-state index in [0.717, 1.165) is 34.3 Å². The summed E-state index contributed by atoms with van der Waals surface area (Å²) in [6, 6.07) is 4.00. The molecule has 0 unspecified atom stereocenters. The number of nitrogens with one attached hydrogen (secondary N) is 1. The van der Waals surface area contributed by atoms with E-state index in [2.05, 4.69) is 36.1 Å². The molecule has 20 heavy (non-hydrogen) atoms. The Labute approximate surface area is 127 Å². The van der Waals surface area contributed by atoms with E-state index < -0.39 is 0 Å². The van der Waals surface area contributed by atoms with E-state index in [4.69, 9.17) is 0 Å². The van der Waals surface area contributed by atoms with E-state index in [0.29, 0.717) is 0 Å². The Hall–Kier alpha value is -1.20. The van der Waals surface area contributed by atoms with Crippen LogP contribution in [0.15, 0.2) is 29.0 Å². The van der Waals surface area contributed by atoms with E-state index in [1.807, 2.05) is 24.5 Å². The van der Waals surface area contributed by atoms with Gasteiger partial charge in [0, 0.05) is 30.0 Å². The van der Waals surface area contributed by atoms with Crippen LogP contribution in [0, 0.1) is 0 Å². The monoisotopic (exact) mass is 334 g/mol. The molecule has 0 amide bonds. The number of fused-ring (bicyclic) bond motifs is 1. The average molecular weight is 335 g/mol. The van der Waals surface area contributed by atoms with Gasteiger partial charge in [-0.3, -0.25) is 9.97 Å². The molecule has 0 aliphatic carbocycles. The zero-order valence-corrected chi connectivity index (χ0v) is 13.1. The molecule has 1 N–H and O–H groups in total. The predicted molar refractivity (Wildman–Crippen MR) is 86.0 cm³/mol. The number of rotatable bonds is 4. The van der Waals surface area contributed by atoms with Crippen LogP contribution in [0.3, 0.4) is 0 Å². The van der Waals surface area contributed by atoms with Gasteiger partial charge in [-0.2, -0.15) is 0 Å². The molecule has 1 aliphatic rings. The van der Waals surface area contributed by atoms with E-state index in [1.165, 1.54) is 32.4 Å². The maximum absolute atomic E-state index is 4.46. The zero-order chi connectivity index (χ0) is 13.8. The summed E-state index contributed by atoms with van der Waals surface area (Å²) in [6.45, 7) is 4.53. The molecule has 0 bridgehead atoms. The van der Waals surface area contributed by atoms with E-state index in [9.17, 15) is 0 Å². The first-order valence-electron chi connectivity index (χ1n) is 7.19. The van der Waals surface area contributed by atoms with Crippen LogP contribution in [-0.4, -0.2) is 41.0 Å². The minimum atomic E-state index is 0.919. The molecule has 0 aromatic carbocycles. The van der Waals surface area contributed by atoms with Gasteiger partial charge in [0.15, 0.2) is 0 Å². The fourth-order valence-electron chi connectivity index (χ4n) is 2.68. The number of anilines is 1. The van der Waals surface area contributed by atoms with Gasteiger partial charge >= 0.3 is 0 Å². The lowest BCUT2D eigenvalue weighted by atomic mass is 10.1. The van der Waals surface area contributed by atoms with Gasteiger partial charge in [0.05, 0.1) is 11.2 Å². The van der Waals surface area contributed by atoms with Crippen molar-refractivity contribution in [3.63, 3.8) is 0 Å². The summed E-state index contributed by atoms with van der Waals surface area (Å²) >= 11 is 3.43. The lowest BCUT2D eigenvalue weighted by molar-refractivity contribution is 0.237. The standard InChI is InChI=1S/C15H19BrN4/c16-12-10-14-15(19-11-12)13(4-5-17-14)18-6-9-20-7-2-1-3-8-20/h4-5,10-11H,1-3,6-9H2,(H,17,18). The van der Waals surface area contributed by atoms with Crippen molar-refractivity contribution in [2.45, 2.75) is 19.3 Å². The van der Waals surface area contributed by atoms with E-state index >= 15 is 0 Å². The van der Waals surface area contributed by atoms with E-state index in [1.54, 1.807) is 0 Å². The number of pyridine rings is 2. The van der Waals surface area contributed by atoms with Crippen molar-refractivity contribution < 1.29 is 0 Å². The fourth-order valence-corrected chi connectivity index (χ4v) is 3.00. The third kappa shape index (κ3) is 3.27. The summed E-state index contributed by atoms with van der Waals surface area (Å²) in [5.74, 6) is 0. The highest BCUT2D eigenvalue weighted by atomic mass is 79.9. The Morgan fingerprint density at radius 2 is 2.05 bits per heavy atom. The minimum absolute atomic E-state index is 0.919. The zero-order valence-electron chi connectivity index (χ0n) is 11.5. The smallest absolute Gasteiger partial charge is 0.112 e. The topological polar surface area (TPSA) is 41.1 Å². The van der Waals surface area contributed by atoms with Gasteiger partial charge in [-0.25, -0.2) is 0 Å². The number of halogens is 1. The van der Waals surface area contributed by atoms with Gasteiger partial charge in [0.1, 0.15) is 5.52 Å². The van der Waals surface area contributed by atoms with Crippen LogP contribution >= 0.6 is 15.9 Å². The number of likely N-dealkylation sites (tertiary alicyclic amines) is 1. The quantitative estimate of drug-likeness (QED) is 0.931. The van der Waals surface area contributed by atoms with Crippen molar-refractivity contribution in [1.29, 1.82) is 0 Å². The molecule has 2 aromatic heterocycles. The molecule has 5 heteroatoms. The summed E-state index contributed by atoms with van der Waals surface area (Å²) in [5.41, 5.74) is 2.93. The number of hydrogen-bond donors (Lipinski definition) is 1. The van der Waals surface area contributed by atoms with Crippen molar-refractivity contribution in [1.82, 2.24) is 14.9 Å². The van der Waals surface area contributed by atoms with Gasteiger partial charge < -0.3 is 10.2 Å². The third-order valence-electron chi connectivity index (χ3n) is 3.74. The second-order valence-corrected chi connectivity index (χ2v) is 6.12. The van der Waals surface area contributed by atoms with Crippen molar-refractivity contribution in [2.24, 2.45) is 0 Å². The number of nitrogens with zero attached hydrogens (tertiary/aromatic N) is 3. The maximum atomic E-state index is 4.46. The Morgan fingerprint density at radius 1 is 1.20 bits per heavy atom. The lowest BCUT2D eigenvalue weighted by Crippen LogP contribution is -2.33. The van der Waals surface area contributed by atoms with Gasteiger partial charge in [0.25, 0.3) is 0 Å². The van der Waals surface area contributed by atoms with Crippen LogP contribution in [0.2, 0.25) is 0 Å². The summed E-state index contributed by atoms with van der Waals surface area (Å²) < 4.78 is 0.961. The highest BCUT2D eigenvalue weighted by Crippen LogP contribution is 2.21. The fraction of sp³-hybridized carbons (Fsp3) is 0.467. The van der Waals surface area contributed by atoms with Crippen molar-refractivity contribution in [3.05, 3.63) is 29.0 Å². The second-order valence-electron chi connectivity index (χ2n) is 5.21. The normalized spacial score (nSPS) is 16.4. The molecule has 3 rings (SSSR count). The SMILES string of the molecule is Brc1cnc2c(NCCN3CCCCC3)ccnc2c1. The van der Waals surface area contributed by atoms with Gasteiger partial charge in [-0.1, -0.05) is 6.42 Å². The van der Waals surface area contributed by atoms with Crippen molar-refractivity contribution in [2.75, 3.05) is 31.5 Å². The molecule has 1 saturated heterocycles. The second kappa shape index (κ2) is 6.50. The highest BCUT2D eigenvalue weighted by molar-refractivity contribution is 9.10. The van der Waals surface area contributed by atoms with Crippen LogP contribution in [0.4, 0.5) is 5.69 Å². The first kappa shape index (κ1) is 13.8. The Kier molecular flexibility index (Phi) is 4.47. The molecule has 0 radical (unpaired) electrons. The van der Waals surface area contributed by atoms with Crippen LogP contribution in [0.1, 0.15) is 19.3 Å². The molecular weight excluding hydrogens is 316 g/mol. The summed E-state index contributed by atoms with van der Waals surface area (Å²) in [4.78, 5) is 11.3. The predicted octanol–water partition coefficient (Wildman–Crippen LogP) is 3.29. The Morgan fingerprint density at radius 3 is 2.90 bits per heavy atom. The third-order valence-corrected chi connectivity index (χ3v) is 4.17. The highest BCUT2D eigenvalue weighted by Gasteiger charge is 2.09. The molecule has 4 nitrogen and oxygen atoms in total. The Balaban J connectivity index is 1.65. The molecule has 0 atom stereocenters. The molecule has 1 aliphatic heterocycles. The molecule has 0 spiro atoms. The lowest BCUT2D eigenvalue weighted by Gasteiger charge is -2.26. The molecule has 3 heterocycles. The van der Waals surface area contributed by atoms with Gasteiger partial charge in [-0.15, -0.1) is 0 Å². The Bertz CT molecular complexity index is 581. The molecule has 2 aromatic rings. The summed E-state index contributed by atoms with van der Waals surface area (Å²) in [5, 5.41) is 3.49. The van der Waals surface area contributed by atoms with Crippen molar-refractivity contribution in [3.8, 4) is 0 Å². The molecule has 0 saturated carbocycles. The van der Waals surface area contributed by atoms with Crippen LogP contribution in [-0.2, 0) is 0 Å². The number of piperidine rings is 1. The van der Waals surface area contributed by atoms with Gasteiger partial charge in [-0.05, 0) is 54.0 Å². The van der Waals surface area contributed by atoms with Crippen LogP contribution < -0.4 is 5.32 Å². The summed E-state index contributed by atoms with van der Waals surface area (Å²) in [7, 11) is 0. The van der Waals surface area contributed by atoms with Crippen LogP contribution in [0.5, 0.6) is 0 Å². The minimum Gasteiger partial charge on any atom is -0.382 e. The largest absolute Gasteiger partial charge is 0.382 e. The number of aromatic nitrogens is 2.